The first-order valence-corrected chi connectivity index (χ1v) is 18.5. The Morgan fingerprint density at radius 2 is 0.980 bits per heavy atom. The fraction of sp³-hybridized carbons (Fsp3) is 0.0222. The molecule has 1 aliphatic heterocycles. The van der Waals surface area contributed by atoms with Crippen LogP contribution in [-0.2, 0) is 0 Å². The van der Waals surface area contributed by atoms with Crippen LogP contribution in [0.1, 0.15) is 29.2 Å². The highest BCUT2D eigenvalue weighted by Gasteiger charge is 2.27. The van der Waals surface area contributed by atoms with E-state index < -0.39 is 8.80 Å². The highest BCUT2D eigenvalue weighted by molar-refractivity contribution is 6.96. The first-order valence-electron chi connectivity index (χ1n) is 16.8. The predicted molar refractivity (Wildman–Crippen MR) is 212 cm³/mol. The predicted octanol–water partition coefficient (Wildman–Crippen LogP) is 8.08. The van der Waals surface area contributed by atoms with Crippen LogP contribution in [0.5, 0.6) is 0 Å². The monoisotopic (exact) mass is 658 g/mol. The van der Waals surface area contributed by atoms with E-state index >= 15 is 0 Å². The third-order valence-electron chi connectivity index (χ3n) is 9.16. The summed E-state index contributed by atoms with van der Waals surface area (Å²) in [5, 5.41) is 4.03. The van der Waals surface area contributed by atoms with Gasteiger partial charge in [-0.25, -0.2) is 15.0 Å². The number of benzene rings is 6. The molecular formula is C45H34N4Si. The molecule has 4 nitrogen and oxygen atoms in total. The fourth-order valence-corrected chi connectivity index (χ4v) is 9.97. The third-order valence-corrected chi connectivity index (χ3v) is 12.5. The molecule has 0 spiro atoms. The van der Waals surface area contributed by atoms with Crippen LogP contribution in [0.4, 0.5) is 0 Å². The van der Waals surface area contributed by atoms with Crippen molar-refractivity contribution in [3.8, 4) is 34.2 Å². The van der Waals surface area contributed by atoms with E-state index in [2.05, 4.69) is 92.4 Å². The van der Waals surface area contributed by atoms with Gasteiger partial charge in [0.2, 0.25) is 0 Å². The maximum Gasteiger partial charge on any atom is 0.164 e. The molecule has 0 saturated heterocycles. The molecule has 1 aromatic heterocycles. The van der Waals surface area contributed by atoms with Crippen LogP contribution in [0.25, 0.3) is 52.0 Å². The molecule has 0 radical (unpaired) electrons. The van der Waals surface area contributed by atoms with Crippen molar-refractivity contribution >= 4 is 47.9 Å². The first kappa shape index (κ1) is 31.0. The summed E-state index contributed by atoms with van der Waals surface area (Å²) in [4.78, 5) is 20.0. The Morgan fingerprint density at radius 1 is 0.500 bits per heavy atom. The molecular weight excluding hydrogens is 625 g/mol. The third kappa shape index (κ3) is 6.30. The number of fused-ring (bicyclic) bond motifs is 2. The van der Waals surface area contributed by atoms with E-state index in [4.69, 9.17) is 19.9 Å². The lowest BCUT2D eigenvalue weighted by atomic mass is 10.1. The van der Waals surface area contributed by atoms with Gasteiger partial charge in [0.1, 0.15) is 8.80 Å². The second-order valence-corrected chi connectivity index (χ2v) is 15.2. The second kappa shape index (κ2) is 13.7. The van der Waals surface area contributed by atoms with E-state index in [1.54, 1.807) is 0 Å². The van der Waals surface area contributed by atoms with Gasteiger partial charge in [-0.2, -0.15) is 0 Å². The minimum Gasteiger partial charge on any atom is -0.253 e. The summed E-state index contributed by atoms with van der Waals surface area (Å²) in [7, 11) is -2.00. The van der Waals surface area contributed by atoms with Crippen molar-refractivity contribution in [3.05, 3.63) is 187 Å². The Kier molecular flexibility index (Phi) is 8.47. The van der Waals surface area contributed by atoms with Gasteiger partial charge in [-0.3, -0.25) is 4.99 Å². The van der Waals surface area contributed by atoms with Crippen LogP contribution in [0.15, 0.2) is 169 Å². The summed E-state index contributed by atoms with van der Waals surface area (Å²) in [6.45, 7) is 6.34. The van der Waals surface area contributed by atoms with E-state index in [-0.39, 0.29) is 0 Å². The topological polar surface area (TPSA) is 51.0 Å². The molecule has 6 aromatic carbocycles. The Balaban J connectivity index is 1.27. The number of rotatable bonds is 7. The summed E-state index contributed by atoms with van der Waals surface area (Å²) in [5.74, 6) is 1.97. The van der Waals surface area contributed by atoms with Gasteiger partial charge in [0.25, 0.3) is 0 Å². The highest BCUT2D eigenvalue weighted by Crippen LogP contribution is 2.26. The van der Waals surface area contributed by atoms with Gasteiger partial charge in [-0.1, -0.05) is 182 Å². The standard InChI is InChI=1S/C45H34N4Si/c1-31(33-15-7-3-8-16-33)46-32(2)38-27-25-34-23-24-35-26-28-39(30-42(35)50(41(34)29-38)40-21-13-6-14-22-40)45-48-43(36-17-9-4-10-18-36)47-44(49-45)37-19-11-5-12-20-37/h3-30,50H,1H2,2H3/b46-32+. The van der Waals surface area contributed by atoms with E-state index in [1.807, 2.05) is 91.0 Å². The molecule has 8 rings (SSSR count). The number of hydrogen-bond acceptors (Lipinski definition) is 4. The molecule has 1 aliphatic rings. The van der Waals surface area contributed by atoms with Gasteiger partial charge in [0.15, 0.2) is 17.5 Å². The van der Waals surface area contributed by atoms with Gasteiger partial charge in [-0.15, -0.1) is 0 Å². The Labute approximate surface area is 294 Å². The molecule has 0 amide bonds. The van der Waals surface area contributed by atoms with Gasteiger partial charge in [0.05, 0.1) is 5.70 Å². The van der Waals surface area contributed by atoms with E-state index in [0.717, 1.165) is 39.2 Å². The zero-order chi connectivity index (χ0) is 33.9. The summed E-state index contributed by atoms with van der Waals surface area (Å²) < 4.78 is 0. The summed E-state index contributed by atoms with van der Waals surface area (Å²) in [5.41, 5.74) is 9.15. The molecule has 238 valence electrons. The van der Waals surface area contributed by atoms with Crippen LogP contribution < -0.4 is 15.6 Å². The van der Waals surface area contributed by atoms with Gasteiger partial charge in [0, 0.05) is 22.4 Å². The molecule has 0 saturated carbocycles. The largest absolute Gasteiger partial charge is 0.253 e. The van der Waals surface area contributed by atoms with Crippen molar-refractivity contribution in [2.24, 2.45) is 4.99 Å². The average molecular weight is 659 g/mol. The second-order valence-electron chi connectivity index (χ2n) is 12.4. The smallest absolute Gasteiger partial charge is 0.164 e. The molecule has 5 heteroatoms. The number of nitrogens with zero attached hydrogens (tertiary/aromatic N) is 4. The van der Waals surface area contributed by atoms with Crippen LogP contribution in [0, 0.1) is 0 Å². The normalized spacial score (nSPS) is 13.6. The quantitative estimate of drug-likeness (QED) is 0.129. The van der Waals surface area contributed by atoms with Crippen LogP contribution >= 0.6 is 0 Å². The van der Waals surface area contributed by atoms with Crippen molar-refractivity contribution in [2.45, 2.75) is 6.92 Å². The fourth-order valence-electron chi connectivity index (χ4n) is 6.57. The van der Waals surface area contributed by atoms with Crippen molar-refractivity contribution in [3.63, 3.8) is 0 Å². The molecule has 0 fully saturated rings. The summed E-state index contributed by atoms with van der Waals surface area (Å²) >= 11 is 0. The maximum absolute atomic E-state index is 5.05. The first-order chi connectivity index (χ1) is 24.6. The lowest BCUT2D eigenvalue weighted by Crippen LogP contribution is -2.53. The number of aromatic nitrogens is 3. The van der Waals surface area contributed by atoms with Crippen molar-refractivity contribution in [2.75, 3.05) is 0 Å². The van der Waals surface area contributed by atoms with Gasteiger partial charge < -0.3 is 0 Å². The Morgan fingerprint density at radius 3 is 1.56 bits per heavy atom. The van der Waals surface area contributed by atoms with Crippen LogP contribution in [0.3, 0.4) is 0 Å². The lowest BCUT2D eigenvalue weighted by molar-refractivity contribution is 1.07. The highest BCUT2D eigenvalue weighted by atomic mass is 28.3. The van der Waals surface area contributed by atoms with Crippen molar-refractivity contribution in [1.29, 1.82) is 0 Å². The minimum absolute atomic E-state index is 0.656. The Bertz CT molecular complexity index is 2330. The molecule has 0 bridgehead atoms. The van der Waals surface area contributed by atoms with Crippen LogP contribution in [-0.4, -0.2) is 29.5 Å². The van der Waals surface area contributed by atoms with E-state index in [0.29, 0.717) is 17.5 Å². The van der Waals surface area contributed by atoms with Gasteiger partial charge >= 0.3 is 0 Å². The summed E-state index contributed by atoms with van der Waals surface area (Å²) in [6, 6.07) is 54.8. The van der Waals surface area contributed by atoms with Gasteiger partial charge in [-0.05, 0) is 39.6 Å². The lowest BCUT2D eigenvalue weighted by Gasteiger charge is -2.21. The molecule has 0 aliphatic carbocycles. The van der Waals surface area contributed by atoms with E-state index in [1.165, 1.54) is 26.7 Å². The number of aliphatic imine (C=N–C) groups is 1. The minimum atomic E-state index is -2.00. The average Bonchev–Trinajstić information content (AvgIpc) is 3.35. The summed E-state index contributed by atoms with van der Waals surface area (Å²) in [6.07, 6.45) is 4.51. The molecule has 2 heterocycles. The SMILES string of the molecule is C=C(/N=C(\C)c1ccc2c(c1)[SiH](c1ccccc1)c1cc(-c3nc(-c4ccccc4)nc(-c4ccccc4)n3)ccc1C=C2)c1ccccc1. The molecule has 50 heavy (non-hydrogen) atoms. The Hall–Kier alpha value is -6.30. The zero-order valence-corrected chi connectivity index (χ0v) is 28.9. The molecule has 7 aromatic rings. The van der Waals surface area contributed by atoms with Crippen molar-refractivity contribution in [1.82, 2.24) is 15.0 Å². The van der Waals surface area contributed by atoms with Crippen LogP contribution in [0.2, 0.25) is 0 Å². The van der Waals surface area contributed by atoms with Crippen molar-refractivity contribution < 1.29 is 0 Å². The van der Waals surface area contributed by atoms with E-state index in [9.17, 15) is 0 Å². The molecule has 1 unspecified atom stereocenters. The molecule has 1 atom stereocenters. The molecule has 0 N–H and O–H groups in total. The maximum atomic E-state index is 5.05. The zero-order valence-electron chi connectivity index (χ0n) is 27.7. The number of hydrogen-bond donors (Lipinski definition) is 0.